The maximum Gasteiger partial charge on any atom is 0.257 e. The molecular weight excluding hydrogens is 458 g/mol. The molecule has 2 aromatic carbocycles. The Labute approximate surface area is 198 Å². The maximum absolute atomic E-state index is 13.2. The number of para-hydroxylation sites is 1. The van der Waals surface area contributed by atoms with E-state index < -0.39 is 15.9 Å². The molecule has 0 spiro atoms. The van der Waals surface area contributed by atoms with Crippen molar-refractivity contribution in [3.05, 3.63) is 65.2 Å². The molecule has 4 rings (SSSR count). The summed E-state index contributed by atoms with van der Waals surface area (Å²) in [4.78, 5) is 15.0. The molecule has 0 aliphatic carbocycles. The molecule has 1 saturated heterocycles. The molecule has 0 radical (unpaired) electrons. The second kappa shape index (κ2) is 9.98. The monoisotopic (exact) mass is 485 g/mol. The van der Waals surface area contributed by atoms with E-state index in [-0.39, 0.29) is 10.5 Å². The van der Waals surface area contributed by atoms with Gasteiger partial charge in [0.1, 0.15) is 5.01 Å². The third kappa shape index (κ3) is 5.58. The SMILES string of the molecule is CC(C)Cc1nnc(NC(=O)c2cccc(S(=O)(=O)N3CCN(c4ccccc4)CC3)c2)s1. The van der Waals surface area contributed by atoms with Crippen LogP contribution in [0.4, 0.5) is 10.8 Å². The number of amides is 1. The van der Waals surface area contributed by atoms with Gasteiger partial charge < -0.3 is 4.90 Å². The van der Waals surface area contributed by atoms with E-state index in [0.717, 1.165) is 17.1 Å². The van der Waals surface area contributed by atoms with Crippen molar-refractivity contribution >= 4 is 38.1 Å². The second-order valence-corrected chi connectivity index (χ2v) is 11.3. The number of rotatable bonds is 7. The summed E-state index contributed by atoms with van der Waals surface area (Å²) in [5, 5.41) is 12.1. The number of benzene rings is 2. The van der Waals surface area contributed by atoms with Crippen molar-refractivity contribution in [1.82, 2.24) is 14.5 Å². The van der Waals surface area contributed by atoms with Crippen molar-refractivity contribution in [1.29, 1.82) is 0 Å². The van der Waals surface area contributed by atoms with Crippen molar-refractivity contribution in [2.75, 3.05) is 36.4 Å². The summed E-state index contributed by atoms with van der Waals surface area (Å²) in [7, 11) is -3.70. The predicted molar refractivity (Wildman–Crippen MR) is 130 cm³/mol. The number of hydrogen-bond donors (Lipinski definition) is 1. The van der Waals surface area contributed by atoms with Crippen molar-refractivity contribution in [2.45, 2.75) is 25.2 Å². The van der Waals surface area contributed by atoms with E-state index in [1.807, 2.05) is 30.3 Å². The molecule has 0 atom stereocenters. The largest absolute Gasteiger partial charge is 0.369 e. The second-order valence-electron chi connectivity index (χ2n) is 8.31. The number of sulfonamides is 1. The van der Waals surface area contributed by atoms with Crippen molar-refractivity contribution < 1.29 is 13.2 Å². The van der Waals surface area contributed by atoms with Gasteiger partial charge in [-0.2, -0.15) is 4.31 Å². The van der Waals surface area contributed by atoms with Crippen LogP contribution in [0.25, 0.3) is 0 Å². The van der Waals surface area contributed by atoms with E-state index in [1.54, 1.807) is 12.1 Å². The number of nitrogens with one attached hydrogen (secondary N) is 1. The standard InChI is InChI=1S/C23H27N5O3S2/c1-17(2)15-21-25-26-23(32-21)24-22(29)18-7-6-10-20(16-18)33(30,31)28-13-11-27(12-14-28)19-8-4-3-5-9-19/h3-10,16-17H,11-15H2,1-2H3,(H,24,26,29). The molecule has 8 nitrogen and oxygen atoms in total. The number of aromatic nitrogens is 2. The minimum absolute atomic E-state index is 0.112. The van der Waals surface area contributed by atoms with Crippen LogP contribution in [0.1, 0.15) is 29.2 Å². The van der Waals surface area contributed by atoms with Crippen LogP contribution in [0.5, 0.6) is 0 Å². The molecule has 2 heterocycles. The quantitative estimate of drug-likeness (QED) is 0.550. The van der Waals surface area contributed by atoms with Crippen LogP contribution in [0.15, 0.2) is 59.5 Å². The fourth-order valence-electron chi connectivity index (χ4n) is 3.68. The van der Waals surface area contributed by atoms with Crippen LogP contribution in [0.2, 0.25) is 0 Å². The van der Waals surface area contributed by atoms with Gasteiger partial charge in [0.2, 0.25) is 15.2 Å². The first-order valence-corrected chi connectivity index (χ1v) is 13.1. The summed E-state index contributed by atoms with van der Waals surface area (Å²) in [6.07, 6.45) is 0.790. The molecule has 0 saturated carbocycles. The van der Waals surface area contributed by atoms with Crippen LogP contribution in [-0.4, -0.2) is 55.0 Å². The average molecular weight is 486 g/mol. The predicted octanol–water partition coefficient (Wildman–Crippen LogP) is 3.50. The zero-order valence-corrected chi connectivity index (χ0v) is 20.3. The zero-order chi connectivity index (χ0) is 23.4. The molecule has 0 unspecified atom stereocenters. The van der Waals surface area contributed by atoms with E-state index in [9.17, 15) is 13.2 Å². The highest BCUT2D eigenvalue weighted by atomic mass is 32.2. The Balaban J connectivity index is 1.43. The summed E-state index contributed by atoms with van der Waals surface area (Å²) in [5.41, 5.74) is 1.35. The number of piperazine rings is 1. The van der Waals surface area contributed by atoms with Gasteiger partial charge >= 0.3 is 0 Å². The minimum atomic E-state index is -3.70. The van der Waals surface area contributed by atoms with Gasteiger partial charge in [0.15, 0.2) is 0 Å². The van der Waals surface area contributed by atoms with E-state index >= 15 is 0 Å². The lowest BCUT2D eigenvalue weighted by atomic mass is 10.1. The molecule has 1 amide bonds. The van der Waals surface area contributed by atoms with Gasteiger partial charge in [0.05, 0.1) is 4.90 Å². The smallest absolute Gasteiger partial charge is 0.257 e. The Morgan fingerprint density at radius 1 is 1.03 bits per heavy atom. The summed E-state index contributed by atoms with van der Waals surface area (Å²) in [6, 6.07) is 16.1. The summed E-state index contributed by atoms with van der Waals surface area (Å²) in [5.74, 6) is 0.0335. The summed E-state index contributed by atoms with van der Waals surface area (Å²) >= 11 is 1.33. The zero-order valence-electron chi connectivity index (χ0n) is 18.6. The molecular formula is C23H27N5O3S2. The van der Waals surface area contributed by atoms with Crippen molar-refractivity contribution in [3.63, 3.8) is 0 Å². The number of hydrogen-bond acceptors (Lipinski definition) is 7. The Kier molecular flexibility index (Phi) is 7.06. The fourth-order valence-corrected chi connectivity index (χ4v) is 6.09. The third-order valence-electron chi connectivity index (χ3n) is 5.36. The first kappa shape index (κ1) is 23.3. The molecule has 33 heavy (non-hydrogen) atoms. The van der Waals surface area contributed by atoms with E-state index in [2.05, 4.69) is 34.3 Å². The highest BCUT2D eigenvalue weighted by Gasteiger charge is 2.29. The Morgan fingerprint density at radius 2 is 1.76 bits per heavy atom. The van der Waals surface area contributed by atoms with Gasteiger partial charge in [0, 0.05) is 43.9 Å². The molecule has 0 bridgehead atoms. The van der Waals surface area contributed by atoms with Crippen LogP contribution in [0.3, 0.4) is 0 Å². The molecule has 1 N–H and O–H groups in total. The molecule has 10 heteroatoms. The van der Waals surface area contributed by atoms with Gasteiger partial charge in [-0.3, -0.25) is 10.1 Å². The number of nitrogens with zero attached hydrogens (tertiary/aromatic N) is 4. The Bertz CT molecular complexity index is 1200. The van der Waals surface area contributed by atoms with Crippen molar-refractivity contribution in [2.24, 2.45) is 5.92 Å². The average Bonchev–Trinajstić information content (AvgIpc) is 3.25. The van der Waals surface area contributed by atoms with Crippen LogP contribution >= 0.6 is 11.3 Å². The lowest BCUT2D eigenvalue weighted by Crippen LogP contribution is -2.48. The lowest BCUT2D eigenvalue weighted by molar-refractivity contribution is 0.102. The summed E-state index contributed by atoms with van der Waals surface area (Å²) < 4.78 is 27.9. The highest BCUT2D eigenvalue weighted by molar-refractivity contribution is 7.89. The molecule has 1 aromatic heterocycles. The normalized spacial score (nSPS) is 15.1. The van der Waals surface area contributed by atoms with Crippen LogP contribution < -0.4 is 10.2 Å². The summed E-state index contributed by atoms with van der Waals surface area (Å²) in [6.45, 7) is 6.17. The lowest BCUT2D eigenvalue weighted by Gasteiger charge is -2.35. The maximum atomic E-state index is 13.2. The third-order valence-corrected chi connectivity index (χ3v) is 8.12. The number of carbonyl (C=O) groups excluding carboxylic acids is 1. The number of carbonyl (C=O) groups is 1. The Hall–Kier alpha value is -2.82. The van der Waals surface area contributed by atoms with Gasteiger partial charge in [-0.05, 0) is 36.2 Å². The van der Waals surface area contributed by atoms with Gasteiger partial charge in [-0.15, -0.1) is 10.2 Å². The van der Waals surface area contributed by atoms with E-state index in [1.165, 1.54) is 27.8 Å². The van der Waals surface area contributed by atoms with Crippen molar-refractivity contribution in [3.8, 4) is 0 Å². The fraction of sp³-hybridized carbons (Fsp3) is 0.348. The molecule has 1 aliphatic heterocycles. The Morgan fingerprint density at radius 3 is 2.45 bits per heavy atom. The first-order chi connectivity index (χ1) is 15.8. The van der Waals surface area contributed by atoms with Gasteiger partial charge in [-0.1, -0.05) is 49.4 Å². The number of anilines is 2. The van der Waals surface area contributed by atoms with E-state index in [0.29, 0.717) is 37.2 Å². The minimum Gasteiger partial charge on any atom is -0.369 e. The first-order valence-electron chi connectivity index (χ1n) is 10.9. The van der Waals surface area contributed by atoms with Crippen LogP contribution in [0, 0.1) is 5.92 Å². The topological polar surface area (TPSA) is 95.5 Å². The van der Waals surface area contributed by atoms with E-state index in [4.69, 9.17) is 0 Å². The van der Waals surface area contributed by atoms with Gasteiger partial charge in [-0.25, -0.2) is 8.42 Å². The molecule has 1 aliphatic rings. The highest BCUT2D eigenvalue weighted by Crippen LogP contribution is 2.23. The molecule has 1 fully saturated rings. The molecule has 174 valence electrons. The van der Waals surface area contributed by atoms with Gasteiger partial charge in [0.25, 0.3) is 5.91 Å². The molecule has 3 aromatic rings. The van der Waals surface area contributed by atoms with Crippen LogP contribution in [-0.2, 0) is 16.4 Å².